The van der Waals surface area contributed by atoms with Gasteiger partial charge in [0.1, 0.15) is 0 Å². The molecule has 0 heterocycles. The van der Waals surface area contributed by atoms with E-state index in [1.807, 2.05) is 6.07 Å². The number of nitrogens with one attached hydrogen (secondary N) is 2. The highest BCUT2D eigenvalue weighted by Gasteiger charge is 2.06. The molecule has 0 bridgehead atoms. The molecule has 0 aliphatic carbocycles. The van der Waals surface area contributed by atoms with E-state index in [9.17, 15) is 4.79 Å². The summed E-state index contributed by atoms with van der Waals surface area (Å²) < 4.78 is 0.880. The van der Waals surface area contributed by atoms with Crippen molar-refractivity contribution in [2.45, 2.75) is 13.8 Å². The number of rotatable bonds is 6. The van der Waals surface area contributed by atoms with Crippen molar-refractivity contribution in [3.8, 4) is 0 Å². The van der Waals surface area contributed by atoms with Gasteiger partial charge in [-0.15, -0.1) is 0 Å². The van der Waals surface area contributed by atoms with Crippen LogP contribution in [0.25, 0.3) is 0 Å². The molecule has 2 N–H and O–H groups in total. The number of urea groups is 1. The first kappa shape index (κ1) is 16.3. The van der Waals surface area contributed by atoms with Crippen LogP contribution in [-0.2, 0) is 0 Å². The van der Waals surface area contributed by atoms with Crippen LogP contribution in [0.5, 0.6) is 0 Å². The molecule has 0 atom stereocenters. The minimum atomic E-state index is -0.239. The topological polar surface area (TPSA) is 44.4 Å². The Morgan fingerprint density at radius 3 is 2.63 bits per heavy atom. The normalized spacial score (nSPS) is 10.6. The van der Waals surface area contributed by atoms with E-state index in [-0.39, 0.29) is 6.03 Å². The molecule has 106 valence electrons. The van der Waals surface area contributed by atoms with Crippen LogP contribution in [0.3, 0.4) is 0 Å². The molecule has 4 nitrogen and oxygen atoms in total. The molecule has 6 heteroatoms. The highest BCUT2D eigenvalue weighted by molar-refractivity contribution is 9.10. The van der Waals surface area contributed by atoms with Gasteiger partial charge in [-0.3, -0.25) is 0 Å². The second-order valence-corrected chi connectivity index (χ2v) is 5.35. The lowest BCUT2D eigenvalue weighted by atomic mass is 10.3. The monoisotopic (exact) mass is 347 g/mol. The maximum absolute atomic E-state index is 11.7. The van der Waals surface area contributed by atoms with Crippen LogP contribution in [0.15, 0.2) is 22.7 Å². The molecule has 19 heavy (non-hydrogen) atoms. The molecule has 1 aromatic rings. The Morgan fingerprint density at radius 2 is 2.05 bits per heavy atom. The predicted octanol–water partition coefficient (Wildman–Crippen LogP) is 3.57. The van der Waals surface area contributed by atoms with Crippen molar-refractivity contribution in [1.82, 2.24) is 10.2 Å². The predicted molar refractivity (Wildman–Crippen MR) is 84.0 cm³/mol. The smallest absolute Gasteiger partial charge is 0.319 e. The third-order valence-electron chi connectivity index (χ3n) is 2.79. The Kier molecular flexibility index (Phi) is 7.20. The summed E-state index contributed by atoms with van der Waals surface area (Å²) in [6, 6.07) is 5.09. The summed E-state index contributed by atoms with van der Waals surface area (Å²) >= 11 is 9.34. The van der Waals surface area contributed by atoms with E-state index in [1.54, 1.807) is 12.1 Å². The molecule has 0 radical (unpaired) electrons. The maximum Gasteiger partial charge on any atom is 0.319 e. The van der Waals surface area contributed by atoms with Crippen molar-refractivity contribution >= 4 is 39.2 Å². The molecule has 0 aliphatic heterocycles. The minimum absolute atomic E-state index is 0.239. The molecule has 0 saturated carbocycles. The number of carbonyl (C=O) groups is 1. The summed E-state index contributed by atoms with van der Waals surface area (Å²) in [5.41, 5.74) is 0.602. The lowest BCUT2D eigenvalue weighted by Crippen LogP contribution is -2.36. The summed E-state index contributed by atoms with van der Waals surface area (Å²) in [5, 5.41) is 6.04. The SMILES string of the molecule is CCN(CC)CCNC(=O)Nc1ccc(Br)cc1Cl. The van der Waals surface area contributed by atoms with Crippen LogP contribution < -0.4 is 10.6 Å². The van der Waals surface area contributed by atoms with Crippen LogP contribution in [0.2, 0.25) is 5.02 Å². The van der Waals surface area contributed by atoms with Crippen LogP contribution in [-0.4, -0.2) is 37.1 Å². The molecule has 0 unspecified atom stereocenters. The average molecular weight is 349 g/mol. The molecule has 1 aromatic carbocycles. The number of nitrogens with zero attached hydrogens (tertiary/aromatic N) is 1. The zero-order valence-electron chi connectivity index (χ0n) is 11.2. The zero-order chi connectivity index (χ0) is 14.3. The minimum Gasteiger partial charge on any atom is -0.337 e. The lowest BCUT2D eigenvalue weighted by Gasteiger charge is -2.18. The average Bonchev–Trinajstić information content (AvgIpc) is 2.38. The first-order valence-electron chi connectivity index (χ1n) is 6.29. The molecule has 2 amide bonds. The second kappa shape index (κ2) is 8.40. The van der Waals surface area contributed by atoms with E-state index in [2.05, 4.69) is 45.3 Å². The van der Waals surface area contributed by atoms with Gasteiger partial charge in [0.05, 0.1) is 10.7 Å². The van der Waals surface area contributed by atoms with Gasteiger partial charge in [-0.2, -0.15) is 0 Å². The van der Waals surface area contributed by atoms with Gasteiger partial charge >= 0.3 is 6.03 Å². The fourth-order valence-corrected chi connectivity index (χ4v) is 2.35. The molecule has 0 aliphatic rings. The summed E-state index contributed by atoms with van der Waals surface area (Å²) in [4.78, 5) is 13.9. The van der Waals surface area contributed by atoms with Crippen molar-refractivity contribution in [2.24, 2.45) is 0 Å². The third-order valence-corrected chi connectivity index (χ3v) is 3.59. The van der Waals surface area contributed by atoms with Crippen LogP contribution in [0, 0.1) is 0 Å². The lowest BCUT2D eigenvalue weighted by molar-refractivity contribution is 0.248. The van der Waals surface area contributed by atoms with E-state index in [4.69, 9.17) is 11.6 Å². The van der Waals surface area contributed by atoms with Crippen molar-refractivity contribution in [2.75, 3.05) is 31.5 Å². The number of hydrogen-bond acceptors (Lipinski definition) is 2. The van der Waals surface area contributed by atoms with Crippen LogP contribution >= 0.6 is 27.5 Å². The van der Waals surface area contributed by atoms with Gasteiger partial charge < -0.3 is 15.5 Å². The fraction of sp³-hybridized carbons (Fsp3) is 0.462. The first-order valence-corrected chi connectivity index (χ1v) is 7.46. The largest absolute Gasteiger partial charge is 0.337 e. The molecule has 1 rings (SSSR count). The van der Waals surface area contributed by atoms with E-state index in [0.29, 0.717) is 17.3 Å². The van der Waals surface area contributed by atoms with E-state index in [1.165, 1.54) is 0 Å². The number of carbonyl (C=O) groups excluding carboxylic acids is 1. The van der Waals surface area contributed by atoms with Gasteiger partial charge in [-0.25, -0.2) is 4.79 Å². The highest BCUT2D eigenvalue weighted by atomic mass is 79.9. The standard InChI is InChI=1S/C13H19BrClN3O/c1-3-18(4-2)8-7-16-13(19)17-12-6-5-10(14)9-11(12)15/h5-6,9H,3-4,7-8H2,1-2H3,(H2,16,17,19). The second-order valence-electron chi connectivity index (χ2n) is 4.03. The summed E-state index contributed by atoms with van der Waals surface area (Å²) in [5.74, 6) is 0. The fourth-order valence-electron chi connectivity index (χ4n) is 1.62. The maximum atomic E-state index is 11.7. The third kappa shape index (κ3) is 5.80. The van der Waals surface area contributed by atoms with Crippen molar-refractivity contribution in [1.29, 1.82) is 0 Å². The highest BCUT2D eigenvalue weighted by Crippen LogP contribution is 2.25. The van der Waals surface area contributed by atoms with Gasteiger partial charge in [0.15, 0.2) is 0 Å². The van der Waals surface area contributed by atoms with Crippen molar-refractivity contribution in [3.63, 3.8) is 0 Å². The summed E-state index contributed by atoms with van der Waals surface area (Å²) in [7, 11) is 0. The Hall–Kier alpha value is -0.780. The molecular weight excluding hydrogens is 330 g/mol. The van der Waals surface area contributed by atoms with E-state index < -0.39 is 0 Å². The Bertz CT molecular complexity index is 424. The Morgan fingerprint density at radius 1 is 1.37 bits per heavy atom. The molecule has 0 fully saturated rings. The molecule has 0 aromatic heterocycles. The zero-order valence-corrected chi connectivity index (χ0v) is 13.5. The van der Waals surface area contributed by atoms with Crippen molar-refractivity contribution < 1.29 is 4.79 Å². The van der Waals surface area contributed by atoms with Crippen molar-refractivity contribution in [3.05, 3.63) is 27.7 Å². The molecular formula is C13H19BrClN3O. The molecule has 0 spiro atoms. The number of benzene rings is 1. The summed E-state index contributed by atoms with van der Waals surface area (Å²) in [6.07, 6.45) is 0. The first-order chi connectivity index (χ1) is 9.06. The Labute approximate surface area is 127 Å². The van der Waals surface area contributed by atoms with Gasteiger partial charge in [0.25, 0.3) is 0 Å². The number of anilines is 1. The number of hydrogen-bond donors (Lipinski definition) is 2. The van der Waals surface area contributed by atoms with Gasteiger partial charge in [0.2, 0.25) is 0 Å². The quantitative estimate of drug-likeness (QED) is 0.825. The van der Waals surface area contributed by atoms with Gasteiger partial charge in [0, 0.05) is 17.6 Å². The van der Waals surface area contributed by atoms with E-state index >= 15 is 0 Å². The van der Waals surface area contributed by atoms with E-state index in [0.717, 1.165) is 24.1 Å². The number of halogens is 2. The molecule has 0 saturated heterocycles. The van der Waals surface area contributed by atoms with Gasteiger partial charge in [-0.05, 0) is 31.3 Å². The number of amides is 2. The van der Waals surface area contributed by atoms with Crippen LogP contribution in [0.1, 0.15) is 13.8 Å². The van der Waals surface area contributed by atoms with Gasteiger partial charge in [-0.1, -0.05) is 41.4 Å². The number of likely N-dealkylation sites (N-methyl/N-ethyl adjacent to an activating group) is 1. The summed E-state index contributed by atoms with van der Waals surface area (Å²) in [6.45, 7) is 7.63. The van der Waals surface area contributed by atoms with Crippen LogP contribution in [0.4, 0.5) is 10.5 Å². The Balaban J connectivity index is 2.39.